The maximum absolute atomic E-state index is 5.28. The van der Waals surface area contributed by atoms with Crippen LogP contribution in [0, 0.1) is 4.64 Å². The van der Waals surface area contributed by atoms with Crippen LogP contribution in [0.15, 0.2) is 18.6 Å². The van der Waals surface area contributed by atoms with E-state index >= 15 is 0 Å². The van der Waals surface area contributed by atoms with Gasteiger partial charge in [0.1, 0.15) is 10.3 Å². The number of rotatable bonds is 2. The molecule has 2 aromatic heterocycles. The zero-order valence-electron chi connectivity index (χ0n) is 10.4. The lowest BCUT2D eigenvalue weighted by Crippen LogP contribution is -2.02. The minimum Gasteiger partial charge on any atom is -0.342 e. The molecule has 0 saturated heterocycles. The molecule has 4 nitrogen and oxygen atoms in total. The number of aryl methyl sites for hydroxylation is 1. The Morgan fingerprint density at radius 2 is 2.17 bits per heavy atom. The Morgan fingerprint density at radius 1 is 1.39 bits per heavy atom. The van der Waals surface area contributed by atoms with Gasteiger partial charge in [-0.25, -0.2) is 9.97 Å². The van der Waals surface area contributed by atoms with E-state index in [1.54, 1.807) is 6.33 Å². The first-order valence-electron chi connectivity index (χ1n) is 6.32. The number of aromatic amines is 1. The summed E-state index contributed by atoms with van der Waals surface area (Å²) in [7, 11) is 1.96. The Bertz CT molecular complexity index is 607. The second kappa shape index (κ2) is 4.65. The van der Waals surface area contributed by atoms with Crippen molar-refractivity contribution in [3.05, 3.63) is 28.9 Å². The van der Waals surface area contributed by atoms with E-state index in [9.17, 15) is 0 Å². The Balaban J connectivity index is 2.06. The molecule has 1 saturated carbocycles. The first-order valence-corrected chi connectivity index (χ1v) is 6.73. The second-order valence-electron chi connectivity index (χ2n) is 4.89. The smallest absolute Gasteiger partial charge is 0.157 e. The lowest BCUT2D eigenvalue weighted by molar-refractivity contribution is 0.693. The second-order valence-corrected chi connectivity index (χ2v) is 5.31. The summed E-state index contributed by atoms with van der Waals surface area (Å²) in [5.74, 6) is 1.44. The standard InChI is InChI=1S/C13H16N4S/c1-17-8-14-7-11(17)13-15-10(6-12(18)16-13)9-4-2-3-5-9/h6-9H,2-5H2,1H3,(H,15,16,18). The summed E-state index contributed by atoms with van der Waals surface area (Å²) in [6.45, 7) is 0. The summed E-state index contributed by atoms with van der Waals surface area (Å²) in [6, 6.07) is 2.01. The van der Waals surface area contributed by atoms with Gasteiger partial charge in [-0.3, -0.25) is 0 Å². The van der Waals surface area contributed by atoms with E-state index in [0.717, 1.165) is 11.5 Å². The van der Waals surface area contributed by atoms with Gasteiger partial charge in [0.25, 0.3) is 0 Å². The van der Waals surface area contributed by atoms with Crippen molar-refractivity contribution in [3.8, 4) is 11.5 Å². The topological polar surface area (TPSA) is 46.5 Å². The zero-order chi connectivity index (χ0) is 12.5. The summed E-state index contributed by atoms with van der Waals surface area (Å²) in [6.07, 6.45) is 8.71. The van der Waals surface area contributed by atoms with Crippen molar-refractivity contribution in [3.63, 3.8) is 0 Å². The fraction of sp³-hybridized carbons (Fsp3) is 0.462. The normalized spacial score (nSPS) is 16.3. The summed E-state index contributed by atoms with van der Waals surface area (Å²) >= 11 is 5.28. The number of hydrogen-bond donors (Lipinski definition) is 1. The molecular weight excluding hydrogens is 244 g/mol. The highest BCUT2D eigenvalue weighted by Gasteiger charge is 2.19. The predicted octanol–water partition coefficient (Wildman–Crippen LogP) is 3.20. The molecule has 0 radical (unpaired) electrons. The molecule has 0 bridgehead atoms. The van der Waals surface area contributed by atoms with Crippen LogP contribution >= 0.6 is 12.2 Å². The van der Waals surface area contributed by atoms with E-state index < -0.39 is 0 Å². The van der Waals surface area contributed by atoms with Crippen LogP contribution in [0.4, 0.5) is 0 Å². The van der Waals surface area contributed by atoms with Gasteiger partial charge in [-0.15, -0.1) is 0 Å². The SMILES string of the molecule is Cn1cncc1-c1nc(=S)cc(C2CCCC2)[nH]1. The highest BCUT2D eigenvalue weighted by Crippen LogP contribution is 2.33. The Kier molecular flexibility index (Phi) is 2.99. The Morgan fingerprint density at radius 3 is 2.83 bits per heavy atom. The van der Waals surface area contributed by atoms with E-state index in [2.05, 4.69) is 15.0 Å². The average molecular weight is 260 g/mol. The van der Waals surface area contributed by atoms with Crippen LogP contribution in [0.2, 0.25) is 0 Å². The molecule has 3 rings (SSSR count). The van der Waals surface area contributed by atoms with Gasteiger partial charge in [-0.05, 0) is 24.8 Å². The first kappa shape index (κ1) is 11.6. The molecule has 0 atom stereocenters. The molecule has 1 aliphatic carbocycles. The van der Waals surface area contributed by atoms with Gasteiger partial charge < -0.3 is 9.55 Å². The highest BCUT2D eigenvalue weighted by atomic mass is 32.1. The molecule has 0 aromatic carbocycles. The van der Waals surface area contributed by atoms with Crippen molar-refractivity contribution < 1.29 is 0 Å². The molecule has 0 unspecified atom stereocenters. The van der Waals surface area contributed by atoms with Gasteiger partial charge in [0.15, 0.2) is 5.82 Å². The van der Waals surface area contributed by atoms with Gasteiger partial charge in [-0.2, -0.15) is 0 Å². The Hall–Kier alpha value is -1.49. The zero-order valence-corrected chi connectivity index (χ0v) is 11.2. The molecule has 1 aliphatic rings. The summed E-state index contributed by atoms with van der Waals surface area (Å²) in [4.78, 5) is 12.0. The lowest BCUT2D eigenvalue weighted by atomic mass is 10.0. The van der Waals surface area contributed by atoms with Crippen molar-refractivity contribution in [1.82, 2.24) is 19.5 Å². The van der Waals surface area contributed by atoms with Gasteiger partial charge in [-0.1, -0.05) is 25.1 Å². The average Bonchev–Trinajstić information content (AvgIpc) is 2.98. The van der Waals surface area contributed by atoms with Crippen molar-refractivity contribution >= 4 is 12.2 Å². The van der Waals surface area contributed by atoms with Crippen LogP contribution < -0.4 is 0 Å². The first-order chi connectivity index (χ1) is 8.74. The van der Waals surface area contributed by atoms with E-state index in [4.69, 9.17) is 12.2 Å². The largest absolute Gasteiger partial charge is 0.342 e. The van der Waals surface area contributed by atoms with E-state index in [1.807, 2.05) is 23.9 Å². The Labute approximate surface area is 111 Å². The third-order valence-corrected chi connectivity index (χ3v) is 3.83. The number of H-pyrrole nitrogens is 1. The quantitative estimate of drug-likeness (QED) is 0.843. The third kappa shape index (κ3) is 2.10. The molecule has 2 aromatic rings. The minimum atomic E-state index is 0.613. The molecule has 0 amide bonds. The third-order valence-electron chi connectivity index (χ3n) is 3.62. The number of nitrogens with one attached hydrogen (secondary N) is 1. The molecule has 0 aliphatic heterocycles. The van der Waals surface area contributed by atoms with Crippen molar-refractivity contribution in [2.45, 2.75) is 31.6 Å². The summed E-state index contributed by atoms with van der Waals surface area (Å²) in [5.41, 5.74) is 2.20. The fourth-order valence-electron chi connectivity index (χ4n) is 2.64. The monoisotopic (exact) mass is 260 g/mol. The minimum absolute atomic E-state index is 0.613. The number of imidazole rings is 1. The van der Waals surface area contributed by atoms with Crippen LogP contribution in [-0.2, 0) is 7.05 Å². The van der Waals surface area contributed by atoms with Crippen molar-refractivity contribution in [1.29, 1.82) is 0 Å². The number of hydrogen-bond acceptors (Lipinski definition) is 3. The molecule has 18 heavy (non-hydrogen) atoms. The molecule has 2 heterocycles. The molecule has 94 valence electrons. The number of aromatic nitrogens is 4. The van der Waals surface area contributed by atoms with Crippen molar-refractivity contribution in [2.75, 3.05) is 0 Å². The van der Waals surface area contributed by atoms with Crippen LogP contribution in [-0.4, -0.2) is 19.5 Å². The predicted molar refractivity (Wildman–Crippen MR) is 72.8 cm³/mol. The van der Waals surface area contributed by atoms with E-state index in [-0.39, 0.29) is 0 Å². The number of nitrogens with zero attached hydrogens (tertiary/aromatic N) is 3. The molecule has 1 fully saturated rings. The lowest BCUT2D eigenvalue weighted by Gasteiger charge is -2.11. The van der Waals surface area contributed by atoms with E-state index in [0.29, 0.717) is 10.6 Å². The fourth-order valence-corrected chi connectivity index (χ4v) is 2.86. The molecule has 5 heteroatoms. The molecular formula is C13H16N4S. The van der Waals surface area contributed by atoms with E-state index in [1.165, 1.54) is 31.4 Å². The van der Waals surface area contributed by atoms with Crippen LogP contribution in [0.25, 0.3) is 11.5 Å². The van der Waals surface area contributed by atoms with Gasteiger partial charge in [0.2, 0.25) is 0 Å². The molecule has 0 spiro atoms. The maximum Gasteiger partial charge on any atom is 0.157 e. The summed E-state index contributed by atoms with van der Waals surface area (Å²) < 4.78 is 2.61. The van der Waals surface area contributed by atoms with Crippen LogP contribution in [0.3, 0.4) is 0 Å². The van der Waals surface area contributed by atoms with Crippen molar-refractivity contribution in [2.24, 2.45) is 7.05 Å². The summed E-state index contributed by atoms with van der Waals surface area (Å²) in [5, 5.41) is 0. The highest BCUT2D eigenvalue weighted by molar-refractivity contribution is 7.71. The maximum atomic E-state index is 5.28. The van der Waals surface area contributed by atoms with Gasteiger partial charge in [0.05, 0.1) is 12.5 Å². The van der Waals surface area contributed by atoms with Crippen LogP contribution in [0.5, 0.6) is 0 Å². The van der Waals surface area contributed by atoms with Gasteiger partial charge >= 0.3 is 0 Å². The van der Waals surface area contributed by atoms with Gasteiger partial charge in [0, 0.05) is 12.7 Å². The van der Waals surface area contributed by atoms with Crippen LogP contribution in [0.1, 0.15) is 37.3 Å². The molecule has 1 N–H and O–H groups in total.